The number of anilines is 2. The Hall–Kier alpha value is -4.88. The molecule has 1 aliphatic carbocycles. The lowest BCUT2D eigenvalue weighted by Crippen LogP contribution is -2.29. The predicted octanol–water partition coefficient (Wildman–Crippen LogP) is 9.46. The Labute approximate surface area is 224 Å². The molecular weight excluding hydrogens is 458 g/mol. The summed E-state index contributed by atoms with van der Waals surface area (Å²) in [6.07, 6.45) is 0. The van der Waals surface area contributed by atoms with Crippen molar-refractivity contribution in [1.82, 2.24) is 0 Å². The van der Waals surface area contributed by atoms with Crippen LogP contribution in [0.25, 0.3) is 22.3 Å². The van der Waals surface area contributed by atoms with Crippen LogP contribution in [-0.2, 0) is 5.41 Å². The first-order valence-corrected chi connectivity index (χ1v) is 13.1. The summed E-state index contributed by atoms with van der Waals surface area (Å²) in [5.74, 6) is 0. The van der Waals surface area contributed by atoms with Crippen LogP contribution in [0.15, 0.2) is 158 Å². The van der Waals surface area contributed by atoms with Crippen LogP contribution in [-0.4, -0.2) is 0 Å². The zero-order valence-electron chi connectivity index (χ0n) is 21.0. The van der Waals surface area contributed by atoms with Gasteiger partial charge in [0.15, 0.2) is 0 Å². The van der Waals surface area contributed by atoms with Gasteiger partial charge in [0, 0.05) is 11.4 Å². The molecule has 6 aromatic rings. The van der Waals surface area contributed by atoms with Gasteiger partial charge >= 0.3 is 0 Å². The van der Waals surface area contributed by atoms with Crippen LogP contribution >= 0.6 is 0 Å². The van der Waals surface area contributed by atoms with E-state index in [0.29, 0.717) is 0 Å². The molecule has 0 fully saturated rings. The Balaban J connectivity index is 1.49. The van der Waals surface area contributed by atoms with Crippen molar-refractivity contribution in [2.24, 2.45) is 0 Å². The van der Waals surface area contributed by atoms with E-state index in [4.69, 9.17) is 0 Å². The fourth-order valence-corrected chi connectivity index (χ4v) is 6.19. The quantitative estimate of drug-likeness (QED) is 0.256. The van der Waals surface area contributed by atoms with Gasteiger partial charge in [-0.15, -0.1) is 0 Å². The van der Waals surface area contributed by atoms with Gasteiger partial charge in [-0.2, -0.15) is 0 Å². The molecule has 0 spiro atoms. The predicted molar refractivity (Wildman–Crippen MR) is 159 cm³/mol. The number of hydrogen-bond donors (Lipinski definition) is 1. The van der Waals surface area contributed by atoms with Crippen molar-refractivity contribution in [3.8, 4) is 22.3 Å². The van der Waals surface area contributed by atoms with Gasteiger partial charge in [0.1, 0.15) is 0 Å². The van der Waals surface area contributed by atoms with Crippen LogP contribution in [0.2, 0.25) is 0 Å². The second-order valence-electron chi connectivity index (χ2n) is 9.82. The van der Waals surface area contributed by atoms with Crippen LogP contribution in [0.3, 0.4) is 0 Å². The van der Waals surface area contributed by atoms with Gasteiger partial charge in [-0.3, -0.25) is 0 Å². The highest BCUT2D eigenvalue weighted by atomic mass is 14.9. The summed E-state index contributed by atoms with van der Waals surface area (Å²) < 4.78 is 0. The van der Waals surface area contributed by atoms with Crippen molar-refractivity contribution in [3.63, 3.8) is 0 Å². The number of rotatable bonds is 5. The van der Waals surface area contributed by atoms with Gasteiger partial charge in [-0.25, -0.2) is 0 Å². The molecule has 38 heavy (non-hydrogen) atoms. The maximum atomic E-state index is 3.58. The van der Waals surface area contributed by atoms with Crippen LogP contribution < -0.4 is 5.32 Å². The maximum Gasteiger partial charge on any atom is 0.0719 e. The summed E-state index contributed by atoms with van der Waals surface area (Å²) in [7, 11) is 0. The lowest BCUT2D eigenvalue weighted by molar-refractivity contribution is 0.770. The number of fused-ring (bicyclic) bond motifs is 3. The Morgan fingerprint density at radius 2 is 0.842 bits per heavy atom. The average Bonchev–Trinajstić information content (AvgIpc) is 3.29. The minimum Gasteiger partial charge on any atom is -0.356 e. The number of hydrogen-bond acceptors (Lipinski definition) is 1. The van der Waals surface area contributed by atoms with E-state index in [1.54, 1.807) is 0 Å². The van der Waals surface area contributed by atoms with Gasteiger partial charge in [-0.1, -0.05) is 133 Å². The topological polar surface area (TPSA) is 12.0 Å². The molecule has 1 N–H and O–H groups in total. The van der Waals surface area contributed by atoms with E-state index in [1.807, 2.05) is 6.07 Å². The third-order valence-electron chi connectivity index (χ3n) is 7.73. The maximum absolute atomic E-state index is 3.58. The molecule has 0 unspecified atom stereocenters. The highest BCUT2D eigenvalue weighted by molar-refractivity contribution is 5.89. The smallest absolute Gasteiger partial charge is 0.0719 e. The summed E-state index contributed by atoms with van der Waals surface area (Å²) in [5.41, 5.74) is 12.0. The second kappa shape index (κ2) is 9.21. The van der Waals surface area contributed by atoms with Crippen molar-refractivity contribution < 1.29 is 0 Å². The molecule has 1 heteroatoms. The number of para-hydroxylation sites is 1. The number of nitrogens with one attached hydrogen (secondary N) is 1. The average molecular weight is 486 g/mol. The zero-order valence-corrected chi connectivity index (χ0v) is 21.0. The van der Waals surface area contributed by atoms with Gasteiger partial charge in [0.25, 0.3) is 0 Å². The molecule has 0 atom stereocenters. The van der Waals surface area contributed by atoms with Crippen LogP contribution in [0, 0.1) is 0 Å². The Bertz CT molecular complexity index is 1690. The standard InChI is InChI=1S/C37H27N/c1-3-15-28(16-4-1)37(35-24-11-8-21-32(35)33-22-9-12-25-36(33)37)34-23-10-7-20-31(34)27-14-13-19-30(26-27)38-29-17-5-2-6-18-29/h1-26,38H. The Morgan fingerprint density at radius 3 is 1.47 bits per heavy atom. The number of benzene rings is 6. The van der Waals surface area contributed by atoms with E-state index in [2.05, 4.69) is 157 Å². The summed E-state index contributed by atoms with van der Waals surface area (Å²) in [6.45, 7) is 0. The first kappa shape index (κ1) is 22.3. The van der Waals surface area contributed by atoms with Crippen molar-refractivity contribution in [1.29, 1.82) is 0 Å². The molecule has 0 radical (unpaired) electrons. The van der Waals surface area contributed by atoms with Crippen LogP contribution in [0.4, 0.5) is 11.4 Å². The largest absolute Gasteiger partial charge is 0.356 e. The van der Waals surface area contributed by atoms with Gasteiger partial charge in [0.05, 0.1) is 5.41 Å². The molecule has 0 amide bonds. The molecular formula is C37H27N. The Kier molecular flexibility index (Phi) is 5.41. The van der Waals surface area contributed by atoms with Gasteiger partial charge < -0.3 is 5.32 Å². The van der Waals surface area contributed by atoms with E-state index >= 15 is 0 Å². The van der Waals surface area contributed by atoms with Crippen LogP contribution in [0.1, 0.15) is 22.3 Å². The normalized spacial score (nSPS) is 12.9. The highest BCUT2D eigenvalue weighted by Crippen LogP contribution is 2.57. The molecule has 6 aromatic carbocycles. The minimum atomic E-state index is -0.423. The molecule has 1 aliphatic rings. The molecule has 7 rings (SSSR count). The van der Waals surface area contributed by atoms with Gasteiger partial charge in [-0.05, 0) is 68.8 Å². The lowest BCUT2D eigenvalue weighted by atomic mass is 9.66. The van der Waals surface area contributed by atoms with E-state index in [-0.39, 0.29) is 0 Å². The summed E-state index contributed by atoms with van der Waals surface area (Å²) >= 11 is 0. The zero-order chi connectivity index (χ0) is 25.4. The summed E-state index contributed by atoms with van der Waals surface area (Å²) in [6, 6.07) is 56.8. The molecule has 0 aromatic heterocycles. The fraction of sp³-hybridized carbons (Fsp3) is 0.0270. The van der Waals surface area contributed by atoms with Crippen molar-refractivity contribution in [2.45, 2.75) is 5.41 Å². The fourth-order valence-electron chi connectivity index (χ4n) is 6.19. The first-order chi connectivity index (χ1) is 18.9. The lowest BCUT2D eigenvalue weighted by Gasteiger charge is -2.35. The molecule has 180 valence electrons. The third kappa shape index (κ3) is 3.48. The van der Waals surface area contributed by atoms with Crippen molar-refractivity contribution >= 4 is 11.4 Å². The van der Waals surface area contributed by atoms with E-state index in [0.717, 1.165) is 11.4 Å². The molecule has 0 aliphatic heterocycles. The van der Waals surface area contributed by atoms with Gasteiger partial charge in [0.2, 0.25) is 0 Å². The SMILES string of the molecule is c1ccc(Nc2cccc(-c3ccccc3C3(c4ccccc4)c4ccccc4-c4ccccc43)c2)cc1. The first-order valence-electron chi connectivity index (χ1n) is 13.1. The molecule has 0 bridgehead atoms. The van der Waals surface area contributed by atoms with E-state index in [1.165, 1.54) is 44.5 Å². The highest BCUT2D eigenvalue weighted by Gasteiger charge is 2.46. The third-order valence-corrected chi connectivity index (χ3v) is 7.73. The van der Waals surface area contributed by atoms with Crippen molar-refractivity contribution in [2.75, 3.05) is 5.32 Å². The van der Waals surface area contributed by atoms with E-state index in [9.17, 15) is 0 Å². The summed E-state index contributed by atoms with van der Waals surface area (Å²) in [4.78, 5) is 0. The minimum absolute atomic E-state index is 0.423. The molecule has 0 saturated heterocycles. The summed E-state index contributed by atoms with van der Waals surface area (Å²) in [5, 5.41) is 3.58. The van der Waals surface area contributed by atoms with Crippen LogP contribution in [0.5, 0.6) is 0 Å². The van der Waals surface area contributed by atoms with Crippen molar-refractivity contribution in [3.05, 3.63) is 180 Å². The second-order valence-corrected chi connectivity index (χ2v) is 9.82. The molecule has 0 heterocycles. The van der Waals surface area contributed by atoms with E-state index < -0.39 is 5.41 Å². The molecule has 0 saturated carbocycles. The monoisotopic (exact) mass is 485 g/mol. The molecule has 1 nitrogen and oxygen atoms in total. The Morgan fingerprint density at radius 1 is 0.368 bits per heavy atom.